The molecule has 0 saturated carbocycles. The molecule has 1 aromatic heterocycles. The number of nitrogens with zero attached hydrogens (tertiary/aromatic N) is 4. The van der Waals surface area contributed by atoms with Crippen molar-refractivity contribution in [2.75, 3.05) is 6.61 Å². The van der Waals surface area contributed by atoms with Crippen LogP contribution in [0.5, 0.6) is 5.75 Å². The van der Waals surface area contributed by atoms with Gasteiger partial charge in [0.25, 0.3) is 0 Å². The number of aromatic nitrogens is 3. The van der Waals surface area contributed by atoms with Gasteiger partial charge in [0.15, 0.2) is 0 Å². The minimum absolute atomic E-state index is 0.146. The van der Waals surface area contributed by atoms with Crippen LogP contribution in [0.1, 0.15) is 31.5 Å². The van der Waals surface area contributed by atoms with Crippen molar-refractivity contribution in [2.24, 2.45) is 5.92 Å². The summed E-state index contributed by atoms with van der Waals surface area (Å²) in [5.41, 5.74) is 1.71. The second-order valence-electron chi connectivity index (χ2n) is 8.13. The third-order valence-corrected chi connectivity index (χ3v) is 7.60. The average Bonchev–Trinajstić information content (AvgIpc) is 3.13. The number of hydrogen-bond acceptors (Lipinski definition) is 5. The number of fused-ring (bicyclic) bond motifs is 1. The van der Waals surface area contributed by atoms with Crippen LogP contribution in [-0.4, -0.2) is 40.4 Å². The van der Waals surface area contributed by atoms with Crippen molar-refractivity contribution in [3.8, 4) is 5.75 Å². The third kappa shape index (κ3) is 4.99. The monoisotopic (exact) mass is 504 g/mol. The molecule has 1 aliphatic rings. The van der Waals surface area contributed by atoms with Crippen LogP contribution in [-0.2, 0) is 23.1 Å². The summed E-state index contributed by atoms with van der Waals surface area (Å²) in [6.07, 6.45) is 2.50. The molecule has 7 nitrogen and oxygen atoms in total. The highest BCUT2D eigenvalue weighted by atomic mass is 79.9. The fourth-order valence-corrected chi connectivity index (χ4v) is 5.81. The highest BCUT2D eigenvalue weighted by Crippen LogP contribution is 2.35. The van der Waals surface area contributed by atoms with Gasteiger partial charge in [0, 0.05) is 4.47 Å². The third-order valence-electron chi connectivity index (χ3n) is 5.17. The molecular weight excluding hydrogens is 480 g/mol. The molecule has 0 unspecified atom stereocenters. The molecule has 2 aromatic carbocycles. The lowest BCUT2D eigenvalue weighted by atomic mass is 10.0. The first kappa shape index (κ1) is 22.0. The summed E-state index contributed by atoms with van der Waals surface area (Å²) in [6.45, 7) is 5.17. The van der Waals surface area contributed by atoms with Gasteiger partial charge in [-0.3, -0.25) is 0 Å². The normalized spacial score (nSPS) is 18.4. The Hall–Kier alpha value is -2.23. The molecule has 0 radical (unpaired) electrons. The summed E-state index contributed by atoms with van der Waals surface area (Å²) in [7, 11) is -3.77. The number of ether oxygens (including phenoxy) is 1. The molecular formula is C22H25BrN4O3S. The van der Waals surface area contributed by atoms with Crippen molar-refractivity contribution < 1.29 is 13.2 Å². The standard InChI is InChI=1S/C22H25BrN4O3S/c1-16(2)10-20-15-30-21-11-18(23)8-9-22(21)31(28,29)27(20)14-19-13-26(25-24-19)12-17-6-4-3-5-7-17/h3-9,11,13,16,20H,10,12,14-15H2,1-2H3/t20-/m1/s1. The van der Waals surface area contributed by atoms with E-state index in [-0.39, 0.29) is 17.5 Å². The average molecular weight is 505 g/mol. The van der Waals surface area contributed by atoms with Crippen molar-refractivity contribution in [1.82, 2.24) is 19.3 Å². The molecule has 9 heteroatoms. The summed E-state index contributed by atoms with van der Waals surface area (Å²) in [4.78, 5) is 0.179. The van der Waals surface area contributed by atoms with Gasteiger partial charge < -0.3 is 4.74 Å². The predicted molar refractivity (Wildman–Crippen MR) is 121 cm³/mol. The Labute approximate surface area is 191 Å². The first-order chi connectivity index (χ1) is 14.8. The van der Waals surface area contributed by atoms with E-state index in [4.69, 9.17) is 4.74 Å². The lowest BCUT2D eigenvalue weighted by Crippen LogP contribution is -2.42. The fourth-order valence-electron chi connectivity index (χ4n) is 3.76. The molecule has 1 atom stereocenters. The van der Waals surface area contributed by atoms with Crippen LogP contribution >= 0.6 is 15.9 Å². The minimum atomic E-state index is -3.77. The summed E-state index contributed by atoms with van der Waals surface area (Å²) in [5, 5.41) is 8.44. The van der Waals surface area contributed by atoms with Gasteiger partial charge in [-0.2, -0.15) is 4.31 Å². The second-order valence-corrected chi connectivity index (χ2v) is 10.9. The Morgan fingerprint density at radius 3 is 2.68 bits per heavy atom. The van der Waals surface area contributed by atoms with Gasteiger partial charge in [0.2, 0.25) is 10.0 Å². The van der Waals surface area contributed by atoms with Gasteiger partial charge in [-0.05, 0) is 36.1 Å². The molecule has 0 bridgehead atoms. The van der Waals surface area contributed by atoms with Crippen LogP contribution < -0.4 is 4.74 Å². The Morgan fingerprint density at radius 2 is 1.94 bits per heavy atom. The van der Waals surface area contributed by atoms with E-state index in [0.717, 1.165) is 10.0 Å². The Morgan fingerprint density at radius 1 is 1.16 bits per heavy atom. The predicted octanol–water partition coefficient (Wildman–Crippen LogP) is 4.09. The number of benzene rings is 2. The van der Waals surface area contributed by atoms with Crippen LogP contribution in [0.2, 0.25) is 0 Å². The van der Waals surface area contributed by atoms with Gasteiger partial charge in [-0.1, -0.05) is 65.3 Å². The van der Waals surface area contributed by atoms with Gasteiger partial charge in [-0.15, -0.1) is 5.10 Å². The fraction of sp³-hybridized carbons (Fsp3) is 0.364. The largest absolute Gasteiger partial charge is 0.490 e. The molecule has 2 heterocycles. The lowest BCUT2D eigenvalue weighted by Gasteiger charge is -2.28. The number of halogens is 1. The van der Waals surface area contributed by atoms with Crippen molar-refractivity contribution in [3.05, 3.63) is 70.5 Å². The smallest absolute Gasteiger partial charge is 0.247 e. The quantitative estimate of drug-likeness (QED) is 0.505. The van der Waals surface area contributed by atoms with Gasteiger partial charge in [0.05, 0.1) is 31.0 Å². The van der Waals surface area contributed by atoms with E-state index in [0.29, 0.717) is 36.9 Å². The Bertz CT molecular complexity index is 1150. The zero-order valence-corrected chi connectivity index (χ0v) is 19.9. The summed E-state index contributed by atoms with van der Waals surface area (Å²) in [5.74, 6) is 0.686. The lowest BCUT2D eigenvalue weighted by molar-refractivity contribution is 0.186. The molecule has 0 spiro atoms. The molecule has 0 amide bonds. The Kier molecular flexibility index (Phi) is 6.45. The van der Waals surface area contributed by atoms with E-state index in [1.165, 1.54) is 4.31 Å². The molecule has 0 aliphatic carbocycles. The van der Waals surface area contributed by atoms with E-state index >= 15 is 0 Å². The molecule has 0 saturated heterocycles. The van der Waals surface area contributed by atoms with E-state index in [2.05, 4.69) is 40.1 Å². The van der Waals surface area contributed by atoms with Crippen molar-refractivity contribution in [3.63, 3.8) is 0 Å². The maximum absolute atomic E-state index is 13.6. The van der Waals surface area contributed by atoms with Crippen LogP contribution in [0.4, 0.5) is 0 Å². The minimum Gasteiger partial charge on any atom is -0.490 e. The molecule has 1 aliphatic heterocycles. The Balaban J connectivity index is 1.64. The van der Waals surface area contributed by atoms with Crippen molar-refractivity contribution in [2.45, 2.75) is 44.3 Å². The first-order valence-electron chi connectivity index (χ1n) is 10.2. The molecule has 3 aromatic rings. The molecule has 31 heavy (non-hydrogen) atoms. The topological polar surface area (TPSA) is 77.3 Å². The van der Waals surface area contributed by atoms with Crippen LogP contribution in [0.3, 0.4) is 0 Å². The van der Waals surface area contributed by atoms with Gasteiger partial charge >= 0.3 is 0 Å². The molecule has 0 fully saturated rings. The maximum atomic E-state index is 13.6. The van der Waals surface area contributed by atoms with E-state index < -0.39 is 10.0 Å². The second kappa shape index (κ2) is 9.10. The number of rotatable bonds is 6. The zero-order valence-electron chi connectivity index (χ0n) is 17.5. The van der Waals surface area contributed by atoms with Crippen LogP contribution in [0, 0.1) is 5.92 Å². The maximum Gasteiger partial charge on any atom is 0.247 e. The van der Waals surface area contributed by atoms with Crippen LogP contribution in [0.15, 0.2) is 64.1 Å². The van der Waals surface area contributed by atoms with E-state index in [1.54, 1.807) is 22.9 Å². The molecule has 164 valence electrons. The molecule has 0 N–H and O–H groups in total. The van der Waals surface area contributed by atoms with Gasteiger partial charge in [-0.25, -0.2) is 13.1 Å². The number of sulfonamides is 1. The summed E-state index contributed by atoms with van der Waals surface area (Å²) < 4.78 is 37.2. The highest BCUT2D eigenvalue weighted by molar-refractivity contribution is 9.10. The van der Waals surface area contributed by atoms with E-state index in [9.17, 15) is 8.42 Å². The first-order valence-corrected chi connectivity index (χ1v) is 12.4. The SMILES string of the molecule is CC(C)C[C@@H]1COc2cc(Br)ccc2S(=O)(=O)N1Cc1cn(Cc2ccccc2)nn1. The van der Waals surface area contributed by atoms with Gasteiger partial charge in [0.1, 0.15) is 17.3 Å². The number of hydrogen-bond donors (Lipinski definition) is 0. The van der Waals surface area contributed by atoms with Crippen molar-refractivity contribution >= 4 is 26.0 Å². The van der Waals surface area contributed by atoms with Crippen molar-refractivity contribution in [1.29, 1.82) is 0 Å². The summed E-state index contributed by atoms with van der Waals surface area (Å²) in [6, 6.07) is 14.7. The summed E-state index contributed by atoms with van der Waals surface area (Å²) >= 11 is 3.40. The zero-order chi connectivity index (χ0) is 22.0. The highest BCUT2D eigenvalue weighted by Gasteiger charge is 2.38. The van der Waals surface area contributed by atoms with Crippen LogP contribution in [0.25, 0.3) is 0 Å². The molecule has 4 rings (SSSR count). The van der Waals surface area contributed by atoms with E-state index in [1.807, 2.05) is 36.5 Å².